The van der Waals surface area contributed by atoms with E-state index in [0.717, 1.165) is 37.5 Å². The van der Waals surface area contributed by atoms with Gasteiger partial charge in [-0.25, -0.2) is 4.39 Å². The van der Waals surface area contributed by atoms with Crippen molar-refractivity contribution < 1.29 is 9.13 Å². The van der Waals surface area contributed by atoms with Crippen LogP contribution in [0.2, 0.25) is 0 Å². The summed E-state index contributed by atoms with van der Waals surface area (Å²) >= 11 is 0. The molecule has 4 heteroatoms. The van der Waals surface area contributed by atoms with Crippen LogP contribution in [0.4, 0.5) is 4.39 Å². The highest BCUT2D eigenvalue weighted by atomic mass is 19.1. The molecule has 0 radical (unpaired) electrons. The first-order valence-corrected chi connectivity index (χ1v) is 6.28. The van der Waals surface area contributed by atoms with Gasteiger partial charge in [-0.15, -0.1) is 0 Å². The number of nitrogens with one attached hydrogen (secondary N) is 1. The Kier molecular flexibility index (Phi) is 3.88. The molecule has 0 aromatic heterocycles. The molecule has 0 amide bonds. The van der Waals surface area contributed by atoms with Crippen LogP contribution >= 0.6 is 0 Å². The van der Waals surface area contributed by atoms with Crippen LogP contribution in [0.5, 0.6) is 5.75 Å². The Labute approximate surface area is 108 Å². The van der Waals surface area contributed by atoms with Crippen LogP contribution in [-0.4, -0.2) is 45.2 Å². The number of rotatable bonds is 2. The summed E-state index contributed by atoms with van der Waals surface area (Å²) in [5, 5.41) is 3.42. The lowest BCUT2D eigenvalue weighted by Gasteiger charge is -2.32. The first-order chi connectivity index (χ1) is 8.55. The molecule has 18 heavy (non-hydrogen) atoms. The van der Waals surface area contributed by atoms with Crippen LogP contribution < -0.4 is 10.1 Å². The fraction of sp³-hybridized carbons (Fsp3) is 0.571. The summed E-state index contributed by atoms with van der Waals surface area (Å²) < 4.78 is 18.9. The molecule has 1 saturated heterocycles. The van der Waals surface area contributed by atoms with Gasteiger partial charge in [0.25, 0.3) is 0 Å². The Morgan fingerprint density at radius 2 is 2.22 bits per heavy atom. The average Bonchev–Trinajstić information content (AvgIpc) is 2.51. The summed E-state index contributed by atoms with van der Waals surface area (Å²) in [6.45, 7) is 5.84. The Morgan fingerprint density at radius 1 is 1.44 bits per heavy atom. The van der Waals surface area contributed by atoms with Gasteiger partial charge in [0.1, 0.15) is 11.6 Å². The molecule has 0 saturated carbocycles. The van der Waals surface area contributed by atoms with E-state index in [1.807, 2.05) is 0 Å². The molecule has 1 heterocycles. The summed E-state index contributed by atoms with van der Waals surface area (Å²) in [7, 11) is 3.73. The topological polar surface area (TPSA) is 24.5 Å². The summed E-state index contributed by atoms with van der Waals surface area (Å²) in [6.07, 6.45) is 0. The maximum absolute atomic E-state index is 13.5. The van der Waals surface area contributed by atoms with Crippen molar-refractivity contribution in [3.8, 4) is 5.75 Å². The van der Waals surface area contributed by atoms with Crippen molar-refractivity contribution in [1.82, 2.24) is 10.2 Å². The molecule has 100 valence electrons. The number of halogens is 1. The van der Waals surface area contributed by atoms with Gasteiger partial charge in [-0.05, 0) is 25.2 Å². The third kappa shape index (κ3) is 2.65. The number of methoxy groups -OCH3 is 1. The minimum atomic E-state index is -0.209. The van der Waals surface area contributed by atoms with Crippen LogP contribution in [0, 0.1) is 5.82 Å². The molecule has 1 aromatic rings. The molecule has 0 spiro atoms. The van der Waals surface area contributed by atoms with E-state index in [2.05, 4.69) is 24.2 Å². The number of benzene rings is 1. The average molecular weight is 252 g/mol. The van der Waals surface area contributed by atoms with Crippen molar-refractivity contribution in [3.05, 3.63) is 29.6 Å². The number of ether oxygens (including phenoxy) is 1. The van der Waals surface area contributed by atoms with Crippen LogP contribution in [0.3, 0.4) is 0 Å². The molecular weight excluding hydrogens is 231 g/mol. The van der Waals surface area contributed by atoms with Crippen molar-refractivity contribution in [1.29, 1.82) is 0 Å². The van der Waals surface area contributed by atoms with E-state index in [1.54, 1.807) is 19.2 Å². The Bertz CT molecular complexity index is 424. The molecule has 2 rings (SSSR count). The smallest absolute Gasteiger partial charge is 0.123 e. The molecule has 0 bridgehead atoms. The number of nitrogens with zero attached hydrogens (tertiary/aromatic N) is 1. The van der Waals surface area contributed by atoms with E-state index in [1.165, 1.54) is 6.07 Å². The van der Waals surface area contributed by atoms with Crippen LogP contribution in [0.25, 0.3) is 0 Å². The lowest BCUT2D eigenvalue weighted by atomic mass is 9.81. The van der Waals surface area contributed by atoms with E-state index in [-0.39, 0.29) is 11.2 Å². The molecule has 1 aromatic carbocycles. The molecule has 1 N–H and O–H groups in total. The minimum Gasteiger partial charge on any atom is -0.496 e. The molecule has 1 aliphatic heterocycles. The third-order valence-electron chi connectivity index (χ3n) is 3.62. The predicted molar refractivity (Wildman–Crippen MR) is 70.7 cm³/mol. The van der Waals surface area contributed by atoms with Gasteiger partial charge in [0.05, 0.1) is 7.11 Å². The van der Waals surface area contributed by atoms with Crippen molar-refractivity contribution in [2.45, 2.75) is 12.3 Å². The van der Waals surface area contributed by atoms with Gasteiger partial charge in [-0.1, -0.05) is 6.92 Å². The summed E-state index contributed by atoms with van der Waals surface area (Å²) in [4.78, 5) is 2.27. The molecular formula is C14H21FN2O. The van der Waals surface area contributed by atoms with Gasteiger partial charge in [0.15, 0.2) is 0 Å². The summed E-state index contributed by atoms with van der Waals surface area (Å²) in [5.74, 6) is 0.551. The van der Waals surface area contributed by atoms with Gasteiger partial charge in [-0.3, -0.25) is 0 Å². The predicted octanol–water partition coefficient (Wildman–Crippen LogP) is 1.63. The Balaban J connectivity index is 2.40. The van der Waals surface area contributed by atoms with E-state index < -0.39 is 0 Å². The highest BCUT2D eigenvalue weighted by Gasteiger charge is 2.32. The van der Waals surface area contributed by atoms with Crippen molar-refractivity contribution in [3.63, 3.8) is 0 Å². The lowest BCUT2D eigenvalue weighted by Crippen LogP contribution is -2.40. The number of hydrogen-bond acceptors (Lipinski definition) is 3. The number of hydrogen-bond donors (Lipinski definition) is 1. The lowest BCUT2D eigenvalue weighted by molar-refractivity contribution is 0.282. The SMILES string of the molecule is COc1ccc(F)cc1C1(C)CNCCN(C)C1. The third-order valence-corrected chi connectivity index (χ3v) is 3.62. The van der Waals surface area contributed by atoms with Gasteiger partial charge in [-0.2, -0.15) is 0 Å². The highest BCUT2D eigenvalue weighted by Crippen LogP contribution is 2.33. The second-order valence-electron chi connectivity index (χ2n) is 5.32. The zero-order valence-electron chi connectivity index (χ0n) is 11.3. The molecule has 1 fully saturated rings. The van der Waals surface area contributed by atoms with E-state index in [0.29, 0.717) is 0 Å². The van der Waals surface area contributed by atoms with Crippen molar-refractivity contribution in [2.75, 3.05) is 40.3 Å². The van der Waals surface area contributed by atoms with E-state index >= 15 is 0 Å². The van der Waals surface area contributed by atoms with Gasteiger partial charge < -0.3 is 15.0 Å². The minimum absolute atomic E-state index is 0.140. The monoisotopic (exact) mass is 252 g/mol. The standard InChI is InChI=1S/C14H21FN2O/c1-14(9-16-6-7-17(2)10-14)12-8-11(15)4-5-13(12)18-3/h4-5,8,16H,6-7,9-10H2,1-3H3. The van der Waals surface area contributed by atoms with Crippen LogP contribution in [-0.2, 0) is 5.41 Å². The second kappa shape index (κ2) is 5.24. The summed E-state index contributed by atoms with van der Waals surface area (Å²) in [6, 6.07) is 4.75. The first-order valence-electron chi connectivity index (χ1n) is 6.28. The van der Waals surface area contributed by atoms with E-state index in [4.69, 9.17) is 4.74 Å². The van der Waals surface area contributed by atoms with Gasteiger partial charge in [0.2, 0.25) is 0 Å². The number of likely N-dealkylation sites (N-methyl/N-ethyl adjacent to an activating group) is 1. The maximum atomic E-state index is 13.5. The molecule has 3 nitrogen and oxygen atoms in total. The fourth-order valence-electron chi connectivity index (χ4n) is 2.70. The first kappa shape index (κ1) is 13.3. The molecule has 1 unspecified atom stereocenters. The second-order valence-corrected chi connectivity index (χ2v) is 5.32. The van der Waals surface area contributed by atoms with Crippen LogP contribution in [0.1, 0.15) is 12.5 Å². The van der Waals surface area contributed by atoms with Gasteiger partial charge in [0, 0.05) is 37.2 Å². The highest BCUT2D eigenvalue weighted by molar-refractivity contribution is 5.40. The van der Waals surface area contributed by atoms with Crippen molar-refractivity contribution >= 4 is 0 Å². The van der Waals surface area contributed by atoms with E-state index in [9.17, 15) is 4.39 Å². The zero-order valence-corrected chi connectivity index (χ0v) is 11.3. The Hall–Kier alpha value is -1.13. The maximum Gasteiger partial charge on any atom is 0.123 e. The fourth-order valence-corrected chi connectivity index (χ4v) is 2.70. The molecule has 1 atom stereocenters. The largest absolute Gasteiger partial charge is 0.496 e. The zero-order chi connectivity index (χ0) is 13.2. The quantitative estimate of drug-likeness (QED) is 0.866. The molecule has 1 aliphatic rings. The Morgan fingerprint density at radius 3 is 2.94 bits per heavy atom. The van der Waals surface area contributed by atoms with Gasteiger partial charge >= 0.3 is 0 Å². The van der Waals surface area contributed by atoms with Crippen LogP contribution in [0.15, 0.2) is 18.2 Å². The van der Waals surface area contributed by atoms with Crippen molar-refractivity contribution in [2.24, 2.45) is 0 Å². The summed E-state index contributed by atoms with van der Waals surface area (Å²) in [5.41, 5.74) is 0.796. The molecule has 0 aliphatic carbocycles. The normalized spacial score (nSPS) is 25.8.